The van der Waals surface area contributed by atoms with Gasteiger partial charge in [0.2, 0.25) is 0 Å². The third-order valence-corrected chi connectivity index (χ3v) is 6.83. The molecule has 2 aromatic rings. The van der Waals surface area contributed by atoms with E-state index in [1.807, 2.05) is 6.07 Å². The number of halogens is 2. The Morgan fingerprint density at radius 2 is 1.86 bits per heavy atom. The van der Waals surface area contributed by atoms with Gasteiger partial charge in [-0.1, -0.05) is 23.7 Å². The first-order chi connectivity index (χ1) is 17.8. The van der Waals surface area contributed by atoms with Crippen LogP contribution in [0.15, 0.2) is 59.8 Å². The van der Waals surface area contributed by atoms with Crippen molar-refractivity contribution in [2.45, 2.75) is 19.4 Å². The summed E-state index contributed by atoms with van der Waals surface area (Å²) in [6.07, 6.45) is 0.711. The molecule has 1 N–H and O–H groups in total. The van der Waals surface area contributed by atoms with Gasteiger partial charge in [-0.3, -0.25) is 14.6 Å². The minimum atomic E-state index is -0.708. The smallest absolute Gasteiger partial charge is 0.338 e. The van der Waals surface area contributed by atoms with Crippen molar-refractivity contribution in [2.24, 2.45) is 0 Å². The molecule has 0 saturated carbocycles. The van der Waals surface area contributed by atoms with Gasteiger partial charge in [0, 0.05) is 56.1 Å². The molecular formula is C27H30ClFN4O4. The van der Waals surface area contributed by atoms with Crippen LogP contribution < -0.4 is 5.32 Å². The van der Waals surface area contributed by atoms with Crippen molar-refractivity contribution in [1.82, 2.24) is 20.0 Å². The fourth-order valence-corrected chi connectivity index (χ4v) is 4.85. The van der Waals surface area contributed by atoms with E-state index in [1.54, 1.807) is 37.1 Å². The SMILES string of the molecule is CCOC(=O)C1=C(CN2CCCN(C(=O)c3ccc(F)cc3)CC2)N(C)C(=O)NC1c1cccc(Cl)c1. The quantitative estimate of drug-likeness (QED) is 0.576. The van der Waals surface area contributed by atoms with Crippen molar-refractivity contribution in [1.29, 1.82) is 0 Å². The Balaban J connectivity index is 1.59. The van der Waals surface area contributed by atoms with Gasteiger partial charge in [0.1, 0.15) is 5.82 Å². The van der Waals surface area contributed by atoms with E-state index in [-0.39, 0.29) is 24.4 Å². The number of nitrogens with one attached hydrogen (secondary N) is 1. The van der Waals surface area contributed by atoms with Gasteiger partial charge in [0.25, 0.3) is 5.91 Å². The van der Waals surface area contributed by atoms with Gasteiger partial charge in [-0.2, -0.15) is 0 Å². The Labute approximate surface area is 220 Å². The molecule has 8 nitrogen and oxygen atoms in total. The standard InChI is InChI=1S/C27H30ClFN4O4/c1-3-37-26(35)23-22(31(2)27(36)30-24(23)19-6-4-7-20(28)16-19)17-32-12-5-13-33(15-14-32)25(34)18-8-10-21(29)11-9-18/h4,6-11,16,24H,3,5,12-15,17H2,1-2H3,(H,30,36). The molecular weight excluding hydrogens is 499 g/mol. The first kappa shape index (κ1) is 26.6. The van der Waals surface area contributed by atoms with Crippen LogP contribution in [0.3, 0.4) is 0 Å². The number of esters is 1. The fraction of sp³-hybridized carbons (Fsp3) is 0.370. The number of hydrogen-bond acceptors (Lipinski definition) is 5. The minimum absolute atomic E-state index is 0.150. The first-order valence-electron chi connectivity index (χ1n) is 12.3. The number of ether oxygens (including phenoxy) is 1. The number of nitrogens with zero attached hydrogens (tertiary/aromatic N) is 3. The second-order valence-corrected chi connectivity index (χ2v) is 9.44. The maximum absolute atomic E-state index is 13.3. The van der Waals surface area contributed by atoms with Gasteiger partial charge < -0.3 is 15.0 Å². The molecule has 37 heavy (non-hydrogen) atoms. The summed E-state index contributed by atoms with van der Waals surface area (Å²) in [6, 6.07) is 11.5. The number of hydrogen-bond donors (Lipinski definition) is 1. The third kappa shape index (κ3) is 6.11. The first-order valence-corrected chi connectivity index (χ1v) is 12.6. The van der Waals surface area contributed by atoms with Crippen LogP contribution in [0.1, 0.15) is 35.3 Å². The van der Waals surface area contributed by atoms with Crippen molar-refractivity contribution in [2.75, 3.05) is 46.4 Å². The van der Waals surface area contributed by atoms with Gasteiger partial charge >= 0.3 is 12.0 Å². The topological polar surface area (TPSA) is 82.2 Å². The van der Waals surface area contributed by atoms with Crippen molar-refractivity contribution in [3.05, 3.63) is 81.8 Å². The molecule has 0 aromatic heterocycles. The van der Waals surface area contributed by atoms with Crippen molar-refractivity contribution in [3.8, 4) is 0 Å². The summed E-state index contributed by atoms with van der Waals surface area (Å²) in [4.78, 5) is 44.4. The van der Waals surface area contributed by atoms with Gasteiger partial charge in [-0.05, 0) is 55.3 Å². The van der Waals surface area contributed by atoms with Crippen molar-refractivity contribution >= 4 is 29.5 Å². The highest BCUT2D eigenvalue weighted by Gasteiger charge is 2.37. The molecule has 0 spiro atoms. The molecule has 0 radical (unpaired) electrons. The summed E-state index contributed by atoms with van der Waals surface area (Å²) >= 11 is 6.20. The molecule has 0 aliphatic carbocycles. The third-order valence-electron chi connectivity index (χ3n) is 6.59. The maximum atomic E-state index is 13.3. The van der Waals surface area contributed by atoms with Crippen LogP contribution in [-0.2, 0) is 9.53 Å². The molecule has 2 aliphatic heterocycles. The molecule has 0 bridgehead atoms. The monoisotopic (exact) mass is 528 g/mol. The lowest BCUT2D eigenvalue weighted by molar-refractivity contribution is -0.139. The predicted octanol–water partition coefficient (Wildman–Crippen LogP) is 3.84. The van der Waals surface area contributed by atoms with E-state index in [2.05, 4.69) is 10.2 Å². The van der Waals surface area contributed by atoms with Gasteiger partial charge in [-0.15, -0.1) is 0 Å². The number of benzene rings is 2. The van der Waals surface area contributed by atoms with Crippen LogP contribution in [0.2, 0.25) is 5.02 Å². The normalized spacial score (nSPS) is 18.9. The van der Waals surface area contributed by atoms with E-state index in [0.717, 1.165) is 0 Å². The molecule has 196 valence electrons. The van der Waals surface area contributed by atoms with Crippen LogP contribution in [0.4, 0.5) is 9.18 Å². The molecule has 2 heterocycles. The second-order valence-electron chi connectivity index (χ2n) is 9.01. The zero-order chi connectivity index (χ0) is 26.5. The summed E-state index contributed by atoms with van der Waals surface area (Å²) < 4.78 is 18.7. The van der Waals surface area contributed by atoms with Crippen LogP contribution >= 0.6 is 11.6 Å². The van der Waals surface area contributed by atoms with E-state index >= 15 is 0 Å². The summed E-state index contributed by atoms with van der Waals surface area (Å²) in [5, 5.41) is 3.39. The Kier molecular flexibility index (Phi) is 8.45. The zero-order valence-corrected chi connectivity index (χ0v) is 21.6. The van der Waals surface area contributed by atoms with Gasteiger partial charge in [-0.25, -0.2) is 14.0 Å². The predicted molar refractivity (Wildman–Crippen MR) is 138 cm³/mol. The molecule has 2 aromatic carbocycles. The largest absolute Gasteiger partial charge is 0.463 e. The van der Waals surface area contributed by atoms with Crippen LogP contribution in [0, 0.1) is 5.82 Å². The van der Waals surface area contributed by atoms with E-state index in [4.69, 9.17) is 16.3 Å². The van der Waals surface area contributed by atoms with E-state index in [1.165, 1.54) is 29.2 Å². The van der Waals surface area contributed by atoms with E-state index in [0.29, 0.717) is 66.6 Å². The maximum Gasteiger partial charge on any atom is 0.338 e. The van der Waals surface area contributed by atoms with Crippen molar-refractivity contribution in [3.63, 3.8) is 0 Å². The van der Waals surface area contributed by atoms with Crippen molar-refractivity contribution < 1.29 is 23.5 Å². The van der Waals surface area contributed by atoms with E-state index < -0.39 is 12.0 Å². The lowest BCUT2D eigenvalue weighted by Crippen LogP contribution is -2.49. The lowest BCUT2D eigenvalue weighted by Gasteiger charge is -2.36. The Morgan fingerprint density at radius 3 is 2.57 bits per heavy atom. The molecule has 3 amide bonds. The molecule has 10 heteroatoms. The van der Waals surface area contributed by atoms with Crippen LogP contribution in [0.25, 0.3) is 0 Å². The van der Waals surface area contributed by atoms with Crippen LogP contribution in [0.5, 0.6) is 0 Å². The molecule has 1 saturated heterocycles. The number of carbonyl (C=O) groups excluding carboxylic acids is 3. The summed E-state index contributed by atoms with van der Waals surface area (Å²) in [5.74, 6) is -1.04. The lowest BCUT2D eigenvalue weighted by atomic mass is 9.94. The average Bonchev–Trinajstić information content (AvgIpc) is 3.12. The fourth-order valence-electron chi connectivity index (χ4n) is 4.65. The highest BCUT2D eigenvalue weighted by atomic mass is 35.5. The average molecular weight is 529 g/mol. The number of likely N-dealkylation sites (N-methyl/N-ethyl adjacent to an activating group) is 1. The van der Waals surface area contributed by atoms with Gasteiger partial charge in [0.05, 0.1) is 18.2 Å². The highest BCUT2D eigenvalue weighted by molar-refractivity contribution is 6.30. The number of amides is 3. The molecule has 4 rings (SSSR count). The zero-order valence-electron chi connectivity index (χ0n) is 20.9. The summed E-state index contributed by atoms with van der Waals surface area (Å²) in [6.45, 7) is 4.49. The minimum Gasteiger partial charge on any atom is -0.463 e. The number of urea groups is 1. The summed E-state index contributed by atoms with van der Waals surface area (Å²) in [5.41, 5.74) is 2.02. The molecule has 2 aliphatic rings. The Morgan fingerprint density at radius 1 is 1.11 bits per heavy atom. The molecule has 1 fully saturated rings. The molecule has 1 atom stereocenters. The van der Waals surface area contributed by atoms with Crippen LogP contribution in [-0.4, -0.2) is 79.0 Å². The molecule has 1 unspecified atom stereocenters. The summed E-state index contributed by atoms with van der Waals surface area (Å²) in [7, 11) is 1.63. The Bertz CT molecular complexity index is 1200. The van der Waals surface area contributed by atoms with Gasteiger partial charge in [0.15, 0.2) is 0 Å². The Hall–Kier alpha value is -3.43. The number of rotatable bonds is 6. The second kappa shape index (κ2) is 11.7. The highest BCUT2D eigenvalue weighted by Crippen LogP contribution is 2.32. The number of carbonyl (C=O) groups is 3. The van der Waals surface area contributed by atoms with E-state index in [9.17, 15) is 18.8 Å².